The summed E-state index contributed by atoms with van der Waals surface area (Å²) in [6.45, 7) is 7.88. The fourth-order valence-corrected chi connectivity index (χ4v) is 2.81. The first-order valence-electron chi connectivity index (χ1n) is 8.14. The van der Waals surface area contributed by atoms with Crippen molar-refractivity contribution in [3.05, 3.63) is 57.6 Å². The van der Waals surface area contributed by atoms with Gasteiger partial charge < -0.3 is 9.47 Å². The molecule has 132 valence electrons. The first-order valence-corrected chi connectivity index (χ1v) is 8.52. The zero-order chi connectivity index (χ0) is 18.6. The highest BCUT2D eigenvalue weighted by Gasteiger charge is 2.22. The lowest BCUT2D eigenvalue weighted by atomic mass is 9.93. The quantitative estimate of drug-likeness (QED) is 0.706. The number of rotatable bonds is 5. The Morgan fingerprint density at radius 2 is 1.48 bits per heavy atom. The topological polar surface area (TPSA) is 52.6 Å². The number of benzene rings is 2. The Hall–Kier alpha value is -2.33. The summed E-state index contributed by atoms with van der Waals surface area (Å²) in [5.74, 6) is -0.995. The van der Waals surface area contributed by atoms with Crippen molar-refractivity contribution in [2.45, 2.75) is 27.7 Å². The molecule has 0 saturated carbocycles. The highest BCUT2D eigenvalue weighted by Crippen LogP contribution is 2.33. The SMILES string of the molecule is CCOC(=O)c1cc(-c2cc(C)ccc2C)c(C(=O)OCC)cc1Cl. The number of hydrogen-bond acceptors (Lipinski definition) is 4. The highest BCUT2D eigenvalue weighted by atomic mass is 35.5. The molecule has 2 rings (SSSR count). The van der Waals surface area contributed by atoms with Crippen LogP contribution in [0.2, 0.25) is 5.02 Å². The summed E-state index contributed by atoms with van der Waals surface area (Å²) in [5, 5.41) is 0.163. The molecule has 0 aliphatic heterocycles. The van der Waals surface area contributed by atoms with Crippen LogP contribution in [0.1, 0.15) is 45.7 Å². The molecule has 0 atom stereocenters. The van der Waals surface area contributed by atoms with E-state index in [1.165, 1.54) is 6.07 Å². The van der Waals surface area contributed by atoms with Gasteiger partial charge in [-0.2, -0.15) is 0 Å². The van der Waals surface area contributed by atoms with E-state index in [1.807, 2.05) is 32.0 Å². The van der Waals surface area contributed by atoms with Crippen LogP contribution in [0.4, 0.5) is 0 Å². The van der Waals surface area contributed by atoms with Gasteiger partial charge in [0.05, 0.1) is 29.4 Å². The average Bonchev–Trinajstić information content (AvgIpc) is 2.57. The summed E-state index contributed by atoms with van der Waals surface area (Å²) >= 11 is 6.23. The van der Waals surface area contributed by atoms with Crippen LogP contribution in [0.3, 0.4) is 0 Å². The molecule has 0 heterocycles. The van der Waals surface area contributed by atoms with E-state index in [4.69, 9.17) is 21.1 Å². The van der Waals surface area contributed by atoms with Gasteiger partial charge in [0, 0.05) is 0 Å². The van der Waals surface area contributed by atoms with Gasteiger partial charge in [0.25, 0.3) is 0 Å². The van der Waals surface area contributed by atoms with Gasteiger partial charge in [-0.25, -0.2) is 9.59 Å². The normalized spacial score (nSPS) is 10.4. The monoisotopic (exact) mass is 360 g/mol. The molecule has 0 aliphatic carbocycles. The third kappa shape index (κ3) is 4.20. The van der Waals surface area contributed by atoms with Crippen LogP contribution in [0.15, 0.2) is 30.3 Å². The van der Waals surface area contributed by atoms with E-state index in [-0.39, 0.29) is 23.8 Å². The van der Waals surface area contributed by atoms with E-state index in [2.05, 4.69) is 0 Å². The predicted octanol–water partition coefficient (Wildman–Crippen LogP) is 4.98. The van der Waals surface area contributed by atoms with Gasteiger partial charge in [-0.15, -0.1) is 0 Å². The van der Waals surface area contributed by atoms with Gasteiger partial charge >= 0.3 is 11.9 Å². The lowest BCUT2D eigenvalue weighted by Crippen LogP contribution is -2.11. The van der Waals surface area contributed by atoms with Gasteiger partial charge in [-0.3, -0.25) is 0 Å². The fourth-order valence-electron chi connectivity index (χ4n) is 2.57. The molecule has 5 heteroatoms. The number of halogens is 1. The molecule has 25 heavy (non-hydrogen) atoms. The molecule has 0 aliphatic rings. The predicted molar refractivity (Wildman–Crippen MR) is 98.3 cm³/mol. The Morgan fingerprint density at radius 3 is 2.08 bits per heavy atom. The number of carbonyl (C=O) groups excluding carboxylic acids is 2. The molecule has 0 unspecified atom stereocenters. The summed E-state index contributed by atoms with van der Waals surface area (Å²) in [6, 6.07) is 9.01. The van der Waals surface area contributed by atoms with Gasteiger partial charge in [0.1, 0.15) is 0 Å². The maximum Gasteiger partial charge on any atom is 0.339 e. The minimum Gasteiger partial charge on any atom is -0.462 e. The minimum atomic E-state index is -0.519. The molecule has 0 amide bonds. The van der Waals surface area contributed by atoms with Crippen molar-refractivity contribution in [3.8, 4) is 11.1 Å². The second-order valence-corrected chi connectivity index (χ2v) is 6.04. The number of esters is 2. The summed E-state index contributed by atoms with van der Waals surface area (Å²) in [4.78, 5) is 24.6. The molecule has 4 nitrogen and oxygen atoms in total. The lowest BCUT2D eigenvalue weighted by molar-refractivity contribution is 0.0512. The maximum atomic E-state index is 12.4. The van der Waals surface area contributed by atoms with E-state index in [9.17, 15) is 9.59 Å². The van der Waals surface area contributed by atoms with E-state index in [1.54, 1.807) is 19.9 Å². The van der Waals surface area contributed by atoms with Crippen LogP contribution in [0.5, 0.6) is 0 Å². The number of hydrogen-bond donors (Lipinski definition) is 0. The third-order valence-corrected chi connectivity index (χ3v) is 4.09. The Bertz CT molecular complexity index is 812. The van der Waals surface area contributed by atoms with Gasteiger partial charge in [-0.05, 0) is 56.5 Å². The summed E-state index contributed by atoms with van der Waals surface area (Å²) in [6.07, 6.45) is 0. The van der Waals surface area contributed by atoms with Crippen molar-refractivity contribution < 1.29 is 19.1 Å². The molecule has 0 spiro atoms. The van der Waals surface area contributed by atoms with Crippen molar-refractivity contribution >= 4 is 23.5 Å². The molecule has 2 aromatic carbocycles. The van der Waals surface area contributed by atoms with Gasteiger partial charge in [0.15, 0.2) is 0 Å². The molecular formula is C20H21ClO4. The van der Waals surface area contributed by atoms with Crippen LogP contribution in [0.25, 0.3) is 11.1 Å². The number of aryl methyl sites for hydroxylation is 2. The zero-order valence-electron chi connectivity index (χ0n) is 14.8. The first kappa shape index (κ1) is 19.0. The van der Waals surface area contributed by atoms with Gasteiger partial charge in [-0.1, -0.05) is 35.4 Å². The molecule has 0 bridgehead atoms. The maximum absolute atomic E-state index is 12.4. The second-order valence-electron chi connectivity index (χ2n) is 5.64. The first-order chi connectivity index (χ1) is 11.9. The van der Waals surface area contributed by atoms with E-state index >= 15 is 0 Å². The largest absolute Gasteiger partial charge is 0.462 e. The molecule has 0 fully saturated rings. The number of carbonyl (C=O) groups is 2. The molecule has 0 saturated heterocycles. The fraction of sp³-hybridized carbons (Fsp3) is 0.300. The summed E-state index contributed by atoms with van der Waals surface area (Å²) in [7, 11) is 0. The Balaban J connectivity index is 2.72. The molecule has 2 aromatic rings. The standard InChI is InChI=1S/C20H21ClO4/c1-5-24-19(22)16-11-18(21)17(20(23)25-6-2)10-15(16)14-9-12(3)7-8-13(14)4/h7-11H,5-6H2,1-4H3. The Kier molecular flexibility index (Phi) is 6.21. The summed E-state index contributed by atoms with van der Waals surface area (Å²) < 4.78 is 10.2. The molecule has 0 aromatic heterocycles. The molecule has 0 N–H and O–H groups in total. The molecular weight excluding hydrogens is 340 g/mol. The van der Waals surface area contributed by atoms with E-state index in [0.29, 0.717) is 11.1 Å². The van der Waals surface area contributed by atoms with Crippen LogP contribution in [-0.2, 0) is 9.47 Å². The van der Waals surface area contributed by atoms with E-state index < -0.39 is 11.9 Å². The average molecular weight is 361 g/mol. The number of ether oxygens (including phenoxy) is 2. The van der Waals surface area contributed by atoms with Crippen molar-refractivity contribution in [1.29, 1.82) is 0 Å². The van der Waals surface area contributed by atoms with Crippen molar-refractivity contribution in [2.24, 2.45) is 0 Å². The lowest BCUT2D eigenvalue weighted by Gasteiger charge is -2.15. The van der Waals surface area contributed by atoms with Crippen LogP contribution >= 0.6 is 11.6 Å². The van der Waals surface area contributed by atoms with Crippen LogP contribution in [0, 0.1) is 13.8 Å². The smallest absolute Gasteiger partial charge is 0.339 e. The van der Waals surface area contributed by atoms with Crippen LogP contribution < -0.4 is 0 Å². The second kappa shape index (κ2) is 8.17. The van der Waals surface area contributed by atoms with E-state index in [0.717, 1.165) is 16.7 Å². The highest BCUT2D eigenvalue weighted by molar-refractivity contribution is 6.34. The van der Waals surface area contributed by atoms with Crippen molar-refractivity contribution in [2.75, 3.05) is 13.2 Å². The molecule has 0 radical (unpaired) electrons. The zero-order valence-corrected chi connectivity index (χ0v) is 15.6. The Labute approximate surface area is 152 Å². The van der Waals surface area contributed by atoms with Gasteiger partial charge in [0.2, 0.25) is 0 Å². The Morgan fingerprint density at radius 1 is 0.880 bits per heavy atom. The van der Waals surface area contributed by atoms with Crippen LogP contribution in [-0.4, -0.2) is 25.2 Å². The summed E-state index contributed by atoms with van der Waals surface area (Å²) in [5.41, 5.74) is 4.04. The van der Waals surface area contributed by atoms with Crippen molar-refractivity contribution in [3.63, 3.8) is 0 Å². The van der Waals surface area contributed by atoms with Crippen molar-refractivity contribution in [1.82, 2.24) is 0 Å². The minimum absolute atomic E-state index is 0.163. The third-order valence-electron chi connectivity index (χ3n) is 3.78.